The summed E-state index contributed by atoms with van der Waals surface area (Å²) in [4.78, 5) is 2.77. The lowest BCUT2D eigenvalue weighted by atomic mass is 9.58. The molecule has 1 unspecified atom stereocenters. The van der Waals surface area contributed by atoms with Gasteiger partial charge >= 0.3 is 0 Å². The third-order valence-corrected chi connectivity index (χ3v) is 6.96. The van der Waals surface area contributed by atoms with Gasteiger partial charge in [-0.2, -0.15) is 0 Å². The highest BCUT2D eigenvalue weighted by atomic mass is 35.5. The van der Waals surface area contributed by atoms with Crippen LogP contribution in [0.5, 0.6) is 0 Å². The van der Waals surface area contributed by atoms with Crippen LogP contribution in [-0.2, 0) is 0 Å². The van der Waals surface area contributed by atoms with Crippen molar-refractivity contribution in [2.24, 2.45) is 17.8 Å². The SMILES string of the molecule is C=C1[C@H]2C[C@H]3C[C@@H]1[C@@H](c1ccc(C)cc1)N(C3)[C@@H]2c1ccc(Cl)cc1. The summed E-state index contributed by atoms with van der Waals surface area (Å²) < 4.78 is 0. The summed E-state index contributed by atoms with van der Waals surface area (Å²) in [5, 5.41) is 0.816. The van der Waals surface area contributed by atoms with Crippen LogP contribution in [0.3, 0.4) is 0 Å². The minimum absolute atomic E-state index is 0.448. The van der Waals surface area contributed by atoms with E-state index in [9.17, 15) is 0 Å². The molecule has 0 radical (unpaired) electrons. The molecule has 1 saturated carbocycles. The number of benzene rings is 2. The predicted molar refractivity (Wildman–Crippen MR) is 104 cm³/mol. The topological polar surface area (TPSA) is 3.24 Å². The Labute approximate surface area is 155 Å². The van der Waals surface area contributed by atoms with Gasteiger partial charge in [0.25, 0.3) is 0 Å². The van der Waals surface area contributed by atoms with Gasteiger partial charge in [0.2, 0.25) is 0 Å². The molecule has 2 aromatic carbocycles. The Morgan fingerprint density at radius 3 is 1.96 bits per heavy atom. The number of halogens is 1. The highest BCUT2D eigenvalue weighted by Crippen LogP contribution is 2.61. The second-order valence-electron chi connectivity index (χ2n) is 8.17. The van der Waals surface area contributed by atoms with Crippen molar-refractivity contribution in [2.45, 2.75) is 31.8 Å². The minimum atomic E-state index is 0.448. The molecule has 0 aromatic heterocycles. The molecule has 3 saturated heterocycles. The fourth-order valence-corrected chi connectivity index (χ4v) is 5.76. The first-order valence-electron chi connectivity index (χ1n) is 9.38. The van der Waals surface area contributed by atoms with Gasteiger partial charge in [-0.15, -0.1) is 0 Å². The minimum Gasteiger partial charge on any atom is -0.288 e. The van der Waals surface area contributed by atoms with Crippen molar-refractivity contribution in [1.82, 2.24) is 4.90 Å². The first-order chi connectivity index (χ1) is 12.1. The Balaban J connectivity index is 1.60. The van der Waals surface area contributed by atoms with E-state index in [1.807, 2.05) is 12.1 Å². The average molecular weight is 350 g/mol. The van der Waals surface area contributed by atoms with Crippen LogP contribution in [0.1, 0.15) is 41.6 Å². The van der Waals surface area contributed by atoms with Crippen molar-refractivity contribution in [2.75, 3.05) is 6.54 Å². The van der Waals surface area contributed by atoms with E-state index in [4.69, 9.17) is 11.6 Å². The fraction of sp³-hybridized carbons (Fsp3) is 0.391. The zero-order valence-corrected chi connectivity index (χ0v) is 15.4. The number of aryl methyl sites for hydroxylation is 1. The maximum Gasteiger partial charge on any atom is 0.0420 e. The maximum atomic E-state index is 6.14. The van der Waals surface area contributed by atoms with E-state index in [0.717, 1.165) is 10.9 Å². The summed E-state index contributed by atoms with van der Waals surface area (Å²) >= 11 is 6.14. The Kier molecular flexibility index (Phi) is 3.59. The molecule has 6 atom stereocenters. The lowest BCUT2D eigenvalue weighted by molar-refractivity contribution is -0.0746. The number of rotatable bonds is 2. The molecule has 1 aliphatic carbocycles. The Hall–Kier alpha value is -1.57. The molecule has 0 amide bonds. The van der Waals surface area contributed by atoms with Crippen molar-refractivity contribution < 1.29 is 0 Å². The fourth-order valence-electron chi connectivity index (χ4n) is 5.64. The number of nitrogens with zero attached hydrogens (tertiary/aromatic N) is 1. The first kappa shape index (κ1) is 15.7. The van der Waals surface area contributed by atoms with Crippen molar-refractivity contribution in [1.29, 1.82) is 0 Å². The van der Waals surface area contributed by atoms with Crippen LogP contribution in [0.15, 0.2) is 60.7 Å². The van der Waals surface area contributed by atoms with Crippen molar-refractivity contribution in [3.63, 3.8) is 0 Å². The van der Waals surface area contributed by atoms with Crippen LogP contribution in [0, 0.1) is 24.7 Å². The zero-order valence-electron chi connectivity index (χ0n) is 14.7. The summed E-state index contributed by atoms with van der Waals surface area (Å²) in [6.45, 7) is 7.97. The second kappa shape index (κ2) is 5.72. The normalized spacial score (nSPS) is 36.0. The summed E-state index contributed by atoms with van der Waals surface area (Å²) in [6.07, 6.45) is 2.62. The summed E-state index contributed by atoms with van der Waals surface area (Å²) in [7, 11) is 0. The standard InChI is InChI=1S/C23H24ClN/c1-14-3-5-17(6-4-14)22-20-11-16-12-21(15(20)2)23(25(22)13-16)18-7-9-19(24)10-8-18/h3-10,16,20-23H,2,11-13H2,1H3/t16-,20+,21-,22-,23-/m1/s1. The largest absolute Gasteiger partial charge is 0.288 e. The highest BCUT2D eigenvalue weighted by Gasteiger charge is 2.54. The van der Waals surface area contributed by atoms with Gasteiger partial charge in [0, 0.05) is 23.7 Å². The second-order valence-corrected chi connectivity index (χ2v) is 8.61. The molecule has 2 heteroatoms. The van der Waals surface area contributed by atoms with E-state index in [0.29, 0.717) is 23.9 Å². The quantitative estimate of drug-likeness (QED) is 0.605. The first-order valence-corrected chi connectivity index (χ1v) is 9.76. The van der Waals surface area contributed by atoms with E-state index >= 15 is 0 Å². The molecular weight excluding hydrogens is 326 g/mol. The Morgan fingerprint density at radius 1 is 0.880 bits per heavy atom. The van der Waals surface area contributed by atoms with Gasteiger partial charge in [0.1, 0.15) is 0 Å². The molecule has 4 aliphatic rings. The lowest BCUT2D eigenvalue weighted by Gasteiger charge is -2.61. The van der Waals surface area contributed by atoms with Crippen LogP contribution >= 0.6 is 11.6 Å². The molecule has 3 heterocycles. The molecule has 4 fully saturated rings. The monoisotopic (exact) mass is 349 g/mol. The molecule has 0 spiro atoms. The number of piperidine rings is 3. The molecular formula is C23H24ClN. The van der Waals surface area contributed by atoms with Gasteiger partial charge in [0.15, 0.2) is 0 Å². The molecule has 128 valence electrons. The Morgan fingerprint density at radius 2 is 1.40 bits per heavy atom. The van der Waals surface area contributed by atoms with Gasteiger partial charge < -0.3 is 0 Å². The maximum absolute atomic E-state index is 6.14. The zero-order chi connectivity index (χ0) is 17.1. The van der Waals surface area contributed by atoms with Crippen LogP contribution in [0.25, 0.3) is 0 Å². The van der Waals surface area contributed by atoms with Gasteiger partial charge in [0.05, 0.1) is 0 Å². The Bertz CT molecular complexity index is 741. The van der Waals surface area contributed by atoms with E-state index in [-0.39, 0.29) is 0 Å². The van der Waals surface area contributed by atoms with Crippen molar-refractivity contribution >= 4 is 11.6 Å². The van der Waals surface area contributed by atoms with E-state index < -0.39 is 0 Å². The van der Waals surface area contributed by atoms with Gasteiger partial charge in [-0.25, -0.2) is 0 Å². The molecule has 3 aliphatic heterocycles. The number of hydrogen-bond acceptors (Lipinski definition) is 1. The summed E-state index contributed by atoms with van der Waals surface area (Å²) in [5.74, 6) is 2.05. The van der Waals surface area contributed by atoms with Crippen LogP contribution in [-0.4, -0.2) is 11.4 Å². The van der Waals surface area contributed by atoms with Gasteiger partial charge in [-0.1, -0.05) is 65.7 Å². The average Bonchev–Trinajstić information content (AvgIpc) is 2.61. The predicted octanol–water partition coefficient (Wildman–Crippen LogP) is 5.96. The molecule has 25 heavy (non-hydrogen) atoms. The van der Waals surface area contributed by atoms with Crippen LogP contribution in [0.2, 0.25) is 5.02 Å². The molecule has 4 bridgehead atoms. The third kappa shape index (κ3) is 2.40. The van der Waals surface area contributed by atoms with Crippen LogP contribution < -0.4 is 0 Å². The van der Waals surface area contributed by atoms with E-state index in [1.54, 1.807) is 0 Å². The van der Waals surface area contributed by atoms with E-state index in [1.165, 1.54) is 41.6 Å². The van der Waals surface area contributed by atoms with Gasteiger partial charge in [-0.05, 0) is 60.8 Å². The molecule has 0 N–H and O–H groups in total. The smallest absolute Gasteiger partial charge is 0.0420 e. The molecule has 2 aromatic rings. The molecule has 6 rings (SSSR count). The number of hydrogen-bond donors (Lipinski definition) is 0. The van der Waals surface area contributed by atoms with E-state index in [2.05, 4.69) is 54.8 Å². The molecule has 1 nitrogen and oxygen atoms in total. The highest BCUT2D eigenvalue weighted by molar-refractivity contribution is 6.30. The third-order valence-electron chi connectivity index (χ3n) is 6.70. The van der Waals surface area contributed by atoms with Crippen molar-refractivity contribution in [3.8, 4) is 0 Å². The van der Waals surface area contributed by atoms with Gasteiger partial charge in [-0.3, -0.25) is 4.90 Å². The lowest BCUT2D eigenvalue weighted by Crippen LogP contribution is -2.57. The van der Waals surface area contributed by atoms with Crippen LogP contribution in [0.4, 0.5) is 0 Å². The summed E-state index contributed by atoms with van der Waals surface area (Å²) in [6, 6.07) is 18.6. The van der Waals surface area contributed by atoms with Crippen molar-refractivity contribution in [3.05, 3.63) is 82.4 Å². The summed E-state index contributed by atoms with van der Waals surface area (Å²) in [5.41, 5.74) is 5.66.